The maximum atomic E-state index is 5.14. The Hall–Kier alpha value is -0.720. The zero-order valence-corrected chi connectivity index (χ0v) is 4.81. The summed E-state index contributed by atoms with van der Waals surface area (Å²) in [7, 11) is 0. The number of nitrogens with two attached hydrogens (primary N) is 1. The van der Waals surface area contributed by atoms with Gasteiger partial charge in [-0.1, -0.05) is 12.2 Å². The molecule has 0 radical (unpaired) electrons. The predicted octanol–water partition coefficient (Wildman–Crippen LogP) is 1.43. The van der Waals surface area contributed by atoms with Crippen LogP contribution in [0.3, 0.4) is 0 Å². The Morgan fingerprint density at radius 2 is 2.14 bits per heavy atom. The standard InChI is InChI=1S/C6H11N/c1-3-4-6(2)5-7/h3-5H,7H2,1-2H3/b4-3-,6-5-. The van der Waals surface area contributed by atoms with E-state index in [1.165, 1.54) is 0 Å². The SMILES string of the molecule is C/C=C\C(C)=C/N. The molecule has 0 atom stereocenters. The molecule has 0 unspecified atom stereocenters. The molecule has 0 aliphatic carbocycles. The fourth-order valence-electron chi connectivity index (χ4n) is 0.318. The molecule has 0 heterocycles. The first-order valence-corrected chi connectivity index (χ1v) is 2.32. The normalized spacial score (nSPS) is 13.1. The van der Waals surface area contributed by atoms with Gasteiger partial charge in [-0.25, -0.2) is 0 Å². The lowest BCUT2D eigenvalue weighted by Crippen LogP contribution is -1.78. The van der Waals surface area contributed by atoms with Crippen LogP contribution < -0.4 is 5.73 Å². The number of allylic oxidation sites excluding steroid dienone is 3. The van der Waals surface area contributed by atoms with Gasteiger partial charge in [0, 0.05) is 0 Å². The fraction of sp³-hybridized carbons (Fsp3) is 0.333. The third kappa shape index (κ3) is 3.10. The van der Waals surface area contributed by atoms with E-state index in [2.05, 4.69) is 0 Å². The summed E-state index contributed by atoms with van der Waals surface area (Å²) in [4.78, 5) is 0. The van der Waals surface area contributed by atoms with Crippen molar-refractivity contribution in [1.29, 1.82) is 0 Å². The Morgan fingerprint density at radius 3 is 2.29 bits per heavy atom. The van der Waals surface area contributed by atoms with Gasteiger partial charge in [-0.15, -0.1) is 0 Å². The van der Waals surface area contributed by atoms with E-state index in [0.29, 0.717) is 0 Å². The van der Waals surface area contributed by atoms with Crippen LogP contribution in [0, 0.1) is 0 Å². The largest absolute Gasteiger partial charge is 0.404 e. The van der Waals surface area contributed by atoms with E-state index in [4.69, 9.17) is 5.73 Å². The van der Waals surface area contributed by atoms with Crippen molar-refractivity contribution < 1.29 is 0 Å². The average Bonchev–Trinajstić information content (AvgIpc) is 1.68. The van der Waals surface area contributed by atoms with Crippen molar-refractivity contribution in [3.63, 3.8) is 0 Å². The van der Waals surface area contributed by atoms with Crippen LogP contribution >= 0.6 is 0 Å². The minimum Gasteiger partial charge on any atom is -0.404 e. The van der Waals surface area contributed by atoms with Crippen LogP contribution in [0.1, 0.15) is 13.8 Å². The molecule has 0 saturated carbocycles. The van der Waals surface area contributed by atoms with Crippen molar-refractivity contribution in [2.45, 2.75) is 13.8 Å². The Bertz CT molecular complexity index is 90.4. The molecule has 2 N–H and O–H groups in total. The smallest absolute Gasteiger partial charge is 0.00327 e. The third-order valence-electron chi connectivity index (χ3n) is 0.692. The topological polar surface area (TPSA) is 26.0 Å². The van der Waals surface area contributed by atoms with E-state index in [1.54, 1.807) is 6.20 Å². The molecule has 0 aliphatic rings. The summed E-state index contributed by atoms with van der Waals surface area (Å²) >= 11 is 0. The quantitative estimate of drug-likeness (QED) is 0.492. The molecule has 40 valence electrons. The summed E-state index contributed by atoms with van der Waals surface area (Å²) in [5, 5.41) is 0. The Morgan fingerprint density at radius 1 is 1.57 bits per heavy atom. The van der Waals surface area contributed by atoms with Crippen LogP contribution in [0.5, 0.6) is 0 Å². The lowest BCUT2D eigenvalue weighted by molar-refractivity contribution is 1.43. The van der Waals surface area contributed by atoms with Crippen LogP contribution in [-0.2, 0) is 0 Å². The molecule has 7 heavy (non-hydrogen) atoms. The fourth-order valence-corrected chi connectivity index (χ4v) is 0.318. The molecule has 0 aromatic rings. The molecule has 0 saturated heterocycles. The van der Waals surface area contributed by atoms with Crippen molar-refractivity contribution in [2.24, 2.45) is 5.73 Å². The summed E-state index contributed by atoms with van der Waals surface area (Å²) < 4.78 is 0. The monoisotopic (exact) mass is 97.1 g/mol. The molecule has 0 aromatic heterocycles. The number of hydrogen-bond acceptors (Lipinski definition) is 1. The van der Waals surface area contributed by atoms with Gasteiger partial charge in [-0.2, -0.15) is 0 Å². The Kier molecular flexibility index (Phi) is 3.11. The maximum Gasteiger partial charge on any atom is -0.00327 e. The van der Waals surface area contributed by atoms with Crippen LogP contribution in [0.15, 0.2) is 23.9 Å². The summed E-state index contributed by atoms with van der Waals surface area (Å²) in [5.41, 5.74) is 6.24. The summed E-state index contributed by atoms with van der Waals surface area (Å²) in [6.07, 6.45) is 5.50. The van der Waals surface area contributed by atoms with E-state index in [-0.39, 0.29) is 0 Å². The second-order valence-electron chi connectivity index (χ2n) is 1.41. The van der Waals surface area contributed by atoms with Crippen molar-refractivity contribution in [2.75, 3.05) is 0 Å². The first-order valence-electron chi connectivity index (χ1n) is 2.32. The van der Waals surface area contributed by atoms with Gasteiger partial charge in [-0.3, -0.25) is 0 Å². The van der Waals surface area contributed by atoms with E-state index < -0.39 is 0 Å². The van der Waals surface area contributed by atoms with Crippen molar-refractivity contribution in [3.05, 3.63) is 23.9 Å². The highest BCUT2D eigenvalue weighted by molar-refractivity contribution is 5.13. The van der Waals surface area contributed by atoms with Gasteiger partial charge in [0.05, 0.1) is 0 Å². The Balaban J connectivity index is 3.58. The second-order valence-corrected chi connectivity index (χ2v) is 1.41. The molecular weight excluding hydrogens is 86.1 g/mol. The van der Waals surface area contributed by atoms with E-state index in [1.807, 2.05) is 26.0 Å². The minimum absolute atomic E-state index is 1.10. The lowest BCUT2D eigenvalue weighted by atomic mass is 10.3. The molecule has 1 heteroatoms. The van der Waals surface area contributed by atoms with Gasteiger partial charge in [-0.05, 0) is 25.6 Å². The minimum atomic E-state index is 1.10. The van der Waals surface area contributed by atoms with Crippen molar-refractivity contribution >= 4 is 0 Å². The van der Waals surface area contributed by atoms with Gasteiger partial charge in [0.25, 0.3) is 0 Å². The van der Waals surface area contributed by atoms with Gasteiger partial charge in [0.1, 0.15) is 0 Å². The second kappa shape index (κ2) is 3.47. The molecule has 1 nitrogen and oxygen atoms in total. The number of hydrogen-bond donors (Lipinski definition) is 1. The third-order valence-corrected chi connectivity index (χ3v) is 0.692. The average molecular weight is 97.2 g/mol. The Labute approximate surface area is 44.5 Å². The highest BCUT2D eigenvalue weighted by Crippen LogP contribution is 1.88. The zero-order valence-electron chi connectivity index (χ0n) is 4.81. The predicted molar refractivity (Wildman–Crippen MR) is 32.8 cm³/mol. The van der Waals surface area contributed by atoms with Crippen LogP contribution in [-0.4, -0.2) is 0 Å². The van der Waals surface area contributed by atoms with Crippen LogP contribution in [0.2, 0.25) is 0 Å². The summed E-state index contributed by atoms with van der Waals surface area (Å²) in [5.74, 6) is 0. The van der Waals surface area contributed by atoms with Crippen LogP contribution in [0.4, 0.5) is 0 Å². The highest BCUT2D eigenvalue weighted by Gasteiger charge is 1.70. The zero-order chi connectivity index (χ0) is 5.70. The van der Waals surface area contributed by atoms with E-state index in [9.17, 15) is 0 Å². The molecule has 0 fully saturated rings. The first kappa shape index (κ1) is 6.28. The van der Waals surface area contributed by atoms with Gasteiger partial charge in [0.2, 0.25) is 0 Å². The summed E-state index contributed by atoms with van der Waals surface area (Å²) in [6, 6.07) is 0. The molecule has 0 aliphatic heterocycles. The lowest BCUT2D eigenvalue weighted by Gasteiger charge is -1.81. The number of rotatable bonds is 1. The molecule has 0 amide bonds. The van der Waals surface area contributed by atoms with Crippen LogP contribution in [0.25, 0.3) is 0 Å². The molecule has 0 bridgehead atoms. The summed E-state index contributed by atoms with van der Waals surface area (Å²) in [6.45, 7) is 3.92. The van der Waals surface area contributed by atoms with Gasteiger partial charge < -0.3 is 5.73 Å². The highest BCUT2D eigenvalue weighted by atomic mass is 14.5. The molecular formula is C6H11N. The molecule has 0 rings (SSSR count). The maximum absolute atomic E-state index is 5.14. The van der Waals surface area contributed by atoms with E-state index in [0.717, 1.165) is 5.57 Å². The van der Waals surface area contributed by atoms with Crippen molar-refractivity contribution in [1.82, 2.24) is 0 Å². The van der Waals surface area contributed by atoms with Gasteiger partial charge in [0.15, 0.2) is 0 Å². The molecule has 0 aromatic carbocycles. The van der Waals surface area contributed by atoms with E-state index >= 15 is 0 Å². The molecule has 0 spiro atoms. The first-order chi connectivity index (χ1) is 3.31. The van der Waals surface area contributed by atoms with Crippen molar-refractivity contribution in [3.8, 4) is 0 Å². The van der Waals surface area contributed by atoms with Gasteiger partial charge >= 0.3 is 0 Å².